The zero-order valence-electron chi connectivity index (χ0n) is 10.6. The molecule has 0 bridgehead atoms. The maximum atomic E-state index is 11.5. The number of alkyl halides is 1. The molecule has 1 aromatic heterocycles. The van der Waals surface area contributed by atoms with Gasteiger partial charge >= 0.3 is 0 Å². The van der Waals surface area contributed by atoms with Crippen molar-refractivity contribution in [3.05, 3.63) is 11.1 Å². The Morgan fingerprint density at radius 3 is 3.17 bits per heavy atom. The van der Waals surface area contributed by atoms with E-state index in [4.69, 9.17) is 16.3 Å². The van der Waals surface area contributed by atoms with Crippen molar-refractivity contribution in [3.63, 3.8) is 0 Å². The number of methoxy groups -OCH3 is 1. The number of hydrogen-bond acceptors (Lipinski definition) is 5. The summed E-state index contributed by atoms with van der Waals surface area (Å²) in [5.41, 5.74) is 0.343. The highest BCUT2D eigenvalue weighted by atomic mass is 35.5. The number of thiazole rings is 1. The average Bonchev–Trinajstić information content (AvgIpc) is 2.87. The summed E-state index contributed by atoms with van der Waals surface area (Å²) in [5, 5.41) is 2.66. The van der Waals surface area contributed by atoms with Crippen LogP contribution < -0.4 is 4.90 Å². The third kappa shape index (κ3) is 2.84. The molecule has 0 aromatic carbocycles. The van der Waals surface area contributed by atoms with Crippen LogP contribution in [0.2, 0.25) is 0 Å². The van der Waals surface area contributed by atoms with Gasteiger partial charge in [0.1, 0.15) is 5.69 Å². The third-order valence-electron chi connectivity index (χ3n) is 3.32. The van der Waals surface area contributed by atoms with Crippen molar-refractivity contribution in [1.82, 2.24) is 4.98 Å². The molecule has 0 N–H and O–H groups in total. The first-order valence-corrected chi connectivity index (χ1v) is 7.34. The van der Waals surface area contributed by atoms with Crippen LogP contribution in [0.4, 0.5) is 5.13 Å². The maximum absolute atomic E-state index is 11.5. The number of ketones is 1. The number of ether oxygens (including phenoxy) is 1. The highest BCUT2D eigenvalue weighted by molar-refractivity contribution is 7.14. The lowest BCUT2D eigenvalue weighted by molar-refractivity contribution is -0.00466. The lowest BCUT2D eigenvalue weighted by Crippen LogP contribution is -2.47. The van der Waals surface area contributed by atoms with Crippen molar-refractivity contribution >= 4 is 33.9 Å². The van der Waals surface area contributed by atoms with Crippen molar-refractivity contribution in [3.8, 4) is 0 Å². The number of anilines is 1. The SMILES string of the molecule is COC1(C)CCCN(c2nc(C(=O)CCl)cs2)C1. The van der Waals surface area contributed by atoms with Crippen LogP contribution in [-0.4, -0.2) is 42.4 Å². The van der Waals surface area contributed by atoms with Crippen molar-refractivity contribution in [1.29, 1.82) is 0 Å². The molecule has 1 aliphatic rings. The Hall–Kier alpha value is -0.650. The summed E-state index contributed by atoms with van der Waals surface area (Å²) in [6.45, 7) is 3.88. The molecule has 0 aliphatic carbocycles. The molecule has 1 unspecified atom stereocenters. The van der Waals surface area contributed by atoms with E-state index >= 15 is 0 Å². The Bertz CT molecular complexity index is 437. The number of carbonyl (C=O) groups is 1. The van der Waals surface area contributed by atoms with Gasteiger partial charge in [0.05, 0.1) is 11.5 Å². The molecule has 1 fully saturated rings. The Balaban J connectivity index is 2.12. The lowest BCUT2D eigenvalue weighted by Gasteiger charge is -2.39. The molecule has 1 atom stereocenters. The molecule has 1 aliphatic heterocycles. The number of aromatic nitrogens is 1. The molecule has 6 heteroatoms. The van der Waals surface area contributed by atoms with E-state index in [0.717, 1.165) is 31.1 Å². The predicted molar refractivity (Wildman–Crippen MR) is 74.0 cm³/mol. The lowest BCUT2D eigenvalue weighted by atomic mass is 9.95. The number of Topliss-reactive ketones (excluding diaryl/α,β-unsaturated/α-hetero) is 1. The van der Waals surface area contributed by atoms with E-state index in [0.29, 0.717) is 5.69 Å². The van der Waals surface area contributed by atoms with Crippen molar-refractivity contribution in [2.45, 2.75) is 25.4 Å². The van der Waals surface area contributed by atoms with Crippen LogP contribution in [-0.2, 0) is 4.74 Å². The van der Waals surface area contributed by atoms with Gasteiger partial charge in [0.2, 0.25) is 0 Å². The summed E-state index contributed by atoms with van der Waals surface area (Å²) < 4.78 is 5.55. The van der Waals surface area contributed by atoms with Gasteiger partial charge in [0.15, 0.2) is 10.9 Å². The number of halogens is 1. The summed E-state index contributed by atoms with van der Waals surface area (Å²) in [6.07, 6.45) is 2.13. The van der Waals surface area contributed by atoms with Crippen LogP contribution in [0.1, 0.15) is 30.3 Å². The standard InChI is InChI=1S/C12H17ClN2O2S/c1-12(17-2)4-3-5-15(8-12)11-14-9(7-18-11)10(16)6-13/h7H,3-6,8H2,1-2H3. The van der Waals surface area contributed by atoms with E-state index in [1.54, 1.807) is 12.5 Å². The molecule has 4 nitrogen and oxygen atoms in total. The molecule has 0 saturated carbocycles. The third-order valence-corrected chi connectivity index (χ3v) is 4.47. The van der Waals surface area contributed by atoms with Crippen LogP contribution in [0.5, 0.6) is 0 Å². The Morgan fingerprint density at radius 1 is 1.72 bits per heavy atom. The molecule has 18 heavy (non-hydrogen) atoms. The molecule has 1 saturated heterocycles. The summed E-state index contributed by atoms with van der Waals surface area (Å²) >= 11 is 7.02. The number of hydrogen-bond donors (Lipinski definition) is 0. The molecular weight excluding hydrogens is 272 g/mol. The van der Waals surface area contributed by atoms with Crippen molar-refractivity contribution in [2.75, 3.05) is 31.0 Å². The Morgan fingerprint density at radius 2 is 2.50 bits per heavy atom. The number of piperidine rings is 1. The highest BCUT2D eigenvalue weighted by Crippen LogP contribution is 2.30. The minimum absolute atomic E-state index is 0.0149. The van der Waals surface area contributed by atoms with Crippen LogP contribution in [0.3, 0.4) is 0 Å². The van der Waals surface area contributed by atoms with Crippen LogP contribution in [0, 0.1) is 0 Å². The first-order valence-electron chi connectivity index (χ1n) is 5.93. The van der Waals surface area contributed by atoms with E-state index in [9.17, 15) is 4.79 Å². The van der Waals surface area contributed by atoms with E-state index in [-0.39, 0.29) is 17.3 Å². The second-order valence-corrected chi connectivity index (χ2v) is 5.86. The molecule has 2 heterocycles. The van der Waals surface area contributed by atoms with Gasteiger partial charge in [0, 0.05) is 25.6 Å². The van der Waals surface area contributed by atoms with Crippen LogP contribution in [0.25, 0.3) is 0 Å². The van der Waals surface area contributed by atoms with Gasteiger partial charge in [-0.05, 0) is 19.8 Å². The van der Waals surface area contributed by atoms with E-state index < -0.39 is 0 Å². The first-order chi connectivity index (χ1) is 8.58. The van der Waals surface area contributed by atoms with Crippen LogP contribution in [0.15, 0.2) is 5.38 Å². The van der Waals surface area contributed by atoms with E-state index in [1.165, 1.54) is 11.3 Å². The van der Waals surface area contributed by atoms with Gasteiger partial charge in [-0.1, -0.05) is 0 Å². The van der Waals surface area contributed by atoms with Gasteiger partial charge in [-0.3, -0.25) is 4.79 Å². The Labute approximate surface area is 116 Å². The monoisotopic (exact) mass is 288 g/mol. The topological polar surface area (TPSA) is 42.4 Å². The summed E-state index contributed by atoms with van der Waals surface area (Å²) in [7, 11) is 1.74. The maximum Gasteiger partial charge on any atom is 0.196 e. The molecule has 0 spiro atoms. The smallest absolute Gasteiger partial charge is 0.196 e. The molecule has 0 radical (unpaired) electrons. The number of nitrogens with zero attached hydrogens (tertiary/aromatic N) is 2. The first kappa shape index (κ1) is 13.8. The summed E-state index contributed by atoms with van der Waals surface area (Å²) in [6, 6.07) is 0. The van der Waals surface area contributed by atoms with Crippen molar-refractivity contribution in [2.24, 2.45) is 0 Å². The zero-order chi connectivity index (χ0) is 13.2. The summed E-state index contributed by atoms with van der Waals surface area (Å²) in [5.74, 6) is -0.135. The van der Waals surface area contributed by atoms with Gasteiger partial charge in [-0.15, -0.1) is 22.9 Å². The molecule has 0 amide bonds. The largest absolute Gasteiger partial charge is 0.377 e. The summed E-state index contributed by atoms with van der Waals surface area (Å²) in [4.78, 5) is 18.0. The Kier molecular flexibility index (Phi) is 4.25. The van der Waals surface area contributed by atoms with Gasteiger partial charge in [-0.2, -0.15) is 0 Å². The fraction of sp³-hybridized carbons (Fsp3) is 0.667. The van der Waals surface area contributed by atoms with Gasteiger partial charge in [0.25, 0.3) is 0 Å². The van der Waals surface area contributed by atoms with Gasteiger partial charge in [-0.25, -0.2) is 4.98 Å². The average molecular weight is 289 g/mol. The van der Waals surface area contributed by atoms with Crippen molar-refractivity contribution < 1.29 is 9.53 Å². The highest BCUT2D eigenvalue weighted by Gasteiger charge is 2.32. The van der Waals surface area contributed by atoms with Gasteiger partial charge < -0.3 is 9.64 Å². The molecule has 100 valence electrons. The normalized spacial score (nSPS) is 24.3. The minimum Gasteiger partial charge on any atom is -0.377 e. The van der Waals surface area contributed by atoms with Crippen LogP contribution >= 0.6 is 22.9 Å². The van der Waals surface area contributed by atoms with E-state index in [2.05, 4.69) is 16.8 Å². The second kappa shape index (κ2) is 5.55. The fourth-order valence-corrected chi connectivity index (χ4v) is 3.14. The van der Waals surface area contributed by atoms with E-state index in [1.807, 2.05) is 0 Å². The quantitative estimate of drug-likeness (QED) is 0.631. The number of rotatable bonds is 4. The predicted octanol–water partition coefficient (Wildman–Crippen LogP) is 2.57. The minimum atomic E-state index is -0.124. The zero-order valence-corrected chi connectivity index (χ0v) is 12.2. The second-order valence-electron chi connectivity index (χ2n) is 4.75. The molecular formula is C12H17ClN2O2S. The molecule has 2 rings (SSSR count). The molecule has 1 aromatic rings. The fourth-order valence-electron chi connectivity index (χ4n) is 2.14. The number of carbonyl (C=O) groups excluding carboxylic acids is 1.